The largest absolute Gasteiger partial charge is 0.369 e. The van der Waals surface area contributed by atoms with Crippen LogP contribution in [0.15, 0.2) is 32.6 Å². The molecule has 19 nitrogen and oxygen atoms in total. The highest BCUT2D eigenvalue weighted by Crippen LogP contribution is 2.34. The molecule has 1 heterocycles. The van der Waals surface area contributed by atoms with Gasteiger partial charge in [-0.3, -0.25) is 30.3 Å². The van der Waals surface area contributed by atoms with E-state index in [1.165, 1.54) is 0 Å². The average Bonchev–Trinajstić information content (AvgIpc) is 3.14. The summed E-state index contributed by atoms with van der Waals surface area (Å²) in [6, 6.07) is 0.967. The summed E-state index contributed by atoms with van der Waals surface area (Å²) in [4.78, 5) is 30.4. The number of nitro benzene ring substituents is 3. The fourth-order valence-corrected chi connectivity index (χ4v) is 1.74. The first kappa shape index (κ1) is 19.4. The molecule has 2 rings (SSSR count). The molecule has 0 radical (unpaired) electrons. The van der Waals surface area contributed by atoms with E-state index in [9.17, 15) is 30.3 Å². The van der Waals surface area contributed by atoms with Crippen LogP contribution in [-0.2, 0) is 0 Å². The van der Waals surface area contributed by atoms with Crippen LogP contribution in [0.25, 0.3) is 0 Å². The molecule has 0 fully saturated rings. The van der Waals surface area contributed by atoms with Crippen LogP contribution in [-0.4, -0.2) is 47.2 Å². The summed E-state index contributed by atoms with van der Waals surface area (Å²) in [5.74, 6) is -1.78. The van der Waals surface area contributed by atoms with Crippen LogP contribution in [0.3, 0.4) is 0 Å². The van der Waals surface area contributed by atoms with E-state index in [1.54, 1.807) is 0 Å². The Morgan fingerprint density at radius 1 is 1.00 bits per heavy atom. The fraction of sp³-hybridized carbons (Fsp3) is 0. The second-order valence-electron chi connectivity index (χ2n) is 4.49. The fourth-order valence-electron chi connectivity index (χ4n) is 1.74. The number of H-pyrrole nitrogens is 1. The van der Waals surface area contributed by atoms with Crippen molar-refractivity contribution in [3.63, 3.8) is 0 Å². The van der Waals surface area contributed by atoms with E-state index < -0.39 is 49.2 Å². The summed E-state index contributed by atoms with van der Waals surface area (Å²) in [7, 11) is 0. The molecule has 0 saturated heterocycles. The predicted molar refractivity (Wildman–Crippen MR) is 87.4 cm³/mol. The number of nitrogens with one attached hydrogen (secondary N) is 1. The lowest BCUT2D eigenvalue weighted by atomic mass is 10.1. The Morgan fingerprint density at radius 3 is 2.04 bits per heavy atom. The topological polar surface area (TPSA) is 285 Å². The first-order valence-corrected chi connectivity index (χ1v) is 6.64. The Kier molecular flexibility index (Phi) is 5.49. The van der Waals surface area contributed by atoms with Gasteiger partial charge in [0.15, 0.2) is 5.56 Å². The number of nitrogens with two attached hydrogens (primary N) is 2. The first-order valence-electron chi connectivity index (χ1n) is 6.64. The molecule has 1 aromatic heterocycles. The summed E-state index contributed by atoms with van der Waals surface area (Å²) >= 11 is 0. The van der Waals surface area contributed by atoms with Crippen LogP contribution in [0, 0.1) is 30.3 Å². The molecular weight excluding hydrogens is 386 g/mol. The monoisotopic (exact) mass is 393 g/mol. The van der Waals surface area contributed by atoms with Gasteiger partial charge in [-0.25, -0.2) is 0 Å². The van der Waals surface area contributed by atoms with Gasteiger partial charge in [0.25, 0.3) is 17.1 Å². The summed E-state index contributed by atoms with van der Waals surface area (Å²) in [6.07, 6.45) is 0. The van der Waals surface area contributed by atoms with Crippen molar-refractivity contribution in [2.45, 2.75) is 0 Å². The number of guanidine groups is 1. The van der Waals surface area contributed by atoms with Crippen LogP contribution in [0.2, 0.25) is 0 Å². The highest BCUT2D eigenvalue weighted by Gasteiger charge is 2.34. The summed E-state index contributed by atoms with van der Waals surface area (Å²) in [5.41, 5.74) is 6.39. The maximum absolute atomic E-state index is 11.4. The van der Waals surface area contributed by atoms with Crippen molar-refractivity contribution in [1.29, 1.82) is 0 Å². The number of nitrogens with zero attached hydrogens (tertiary/aromatic N) is 10. The molecule has 28 heavy (non-hydrogen) atoms. The zero-order chi connectivity index (χ0) is 20.8. The van der Waals surface area contributed by atoms with E-state index in [1.807, 2.05) is 0 Å². The van der Waals surface area contributed by atoms with Gasteiger partial charge < -0.3 is 11.5 Å². The number of azo groups is 1. The third-order valence-electron chi connectivity index (χ3n) is 2.74. The second-order valence-corrected chi connectivity index (χ2v) is 4.49. The number of amidine groups is 1. The van der Waals surface area contributed by atoms with Crippen molar-refractivity contribution in [2.24, 2.45) is 31.9 Å². The normalized spacial score (nSPS) is 11.4. The van der Waals surface area contributed by atoms with E-state index in [0.29, 0.717) is 12.1 Å². The van der Waals surface area contributed by atoms with Gasteiger partial charge in [0.1, 0.15) is 0 Å². The standard InChI is InChI=1S/C9H7N13O6/c10-8(11)14-12-7(13-15-9-16-18-19-17-9)6-4(21(25)26)1-3(20(23)24)2-5(6)22(27)28/h1-2H,(H4,10,11,14)(H,16,17,18,19). The minimum Gasteiger partial charge on any atom is -0.369 e. The molecule has 19 heteroatoms. The Balaban J connectivity index is 2.81. The van der Waals surface area contributed by atoms with Gasteiger partial charge >= 0.3 is 5.95 Å². The highest BCUT2D eigenvalue weighted by atomic mass is 16.6. The van der Waals surface area contributed by atoms with Gasteiger partial charge in [-0.05, 0) is 5.21 Å². The quantitative estimate of drug-likeness (QED) is 0.187. The molecule has 0 aliphatic heterocycles. The minimum atomic E-state index is -1.11. The number of non-ortho nitro benzene ring substituents is 1. The van der Waals surface area contributed by atoms with E-state index in [0.717, 1.165) is 0 Å². The van der Waals surface area contributed by atoms with Gasteiger partial charge in [0.2, 0.25) is 11.8 Å². The SMILES string of the molecule is NC(N)=NN=C(N=Nc1nn[nH]n1)c1c([N+](=O)[O-])cc([N+](=O)[O-])cc1[N+](=O)[O-]. The lowest BCUT2D eigenvalue weighted by molar-refractivity contribution is -0.403. The average molecular weight is 393 g/mol. The van der Waals surface area contributed by atoms with Crippen molar-refractivity contribution in [2.75, 3.05) is 0 Å². The van der Waals surface area contributed by atoms with Crippen molar-refractivity contribution < 1.29 is 14.8 Å². The van der Waals surface area contributed by atoms with Gasteiger partial charge in [-0.15, -0.1) is 25.5 Å². The molecule has 0 atom stereocenters. The number of nitro groups is 3. The van der Waals surface area contributed by atoms with Crippen molar-refractivity contribution in [1.82, 2.24) is 20.6 Å². The maximum atomic E-state index is 11.4. The molecule has 0 unspecified atom stereocenters. The molecule has 144 valence electrons. The number of aromatic nitrogens is 4. The van der Waals surface area contributed by atoms with Gasteiger partial charge in [-0.2, -0.15) is 5.21 Å². The molecule has 0 amide bonds. The Hall–Kier alpha value is -4.97. The second kappa shape index (κ2) is 7.94. The smallest absolute Gasteiger partial charge is 0.307 e. The number of benzene rings is 1. The zero-order valence-corrected chi connectivity index (χ0v) is 13.2. The molecule has 2 aromatic rings. The third-order valence-corrected chi connectivity index (χ3v) is 2.74. The van der Waals surface area contributed by atoms with Gasteiger partial charge in [0, 0.05) is 0 Å². The summed E-state index contributed by atoms with van der Waals surface area (Å²) in [6.45, 7) is 0. The number of hydrogen-bond donors (Lipinski definition) is 3. The van der Waals surface area contributed by atoms with Gasteiger partial charge in [-0.1, -0.05) is 5.10 Å². The number of tetrazole rings is 1. The lowest BCUT2D eigenvalue weighted by Crippen LogP contribution is -2.22. The van der Waals surface area contributed by atoms with Crippen LogP contribution in [0.4, 0.5) is 23.0 Å². The van der Waals surface area contributed by atoms with Crippen LogP contribution < -0.4 is 11.5 Å². The molecule has 0 bridgehead atoms. The molecular formula is C9H7N13O6. The molecule has 0 spiro atoms. The Morgan fingerprint density at radius 2 is 1.61 bits per heavy atom. The predicted octanol–water partition coefficient (Wildman–Crippen LogP) is -0.357. The maximum Gasteiger partial charge on any atom is 0.307 e. The molecule has 0 aliphatic rings. The summed E-state index contributed by atoms with van der Waals surface area (Å²) < 4.78 is 0. The van der Waals surface area contributed by atoms with E-state index in [4.69, 9.17) is 11.5 Å². The lowest BCUT2D eigenvalue weighted by Gasteiger charge is -2.03. The van der Waals surface area contributed by atoms with Crippen molar-refractivity contribution >= 4 is 34.8 Å². The number of hydrogen-bond acceptors (Lipinski definition) is 12. The number of aromatic amines is 1. The number of rotatable bonds is 6. The third kappa shape index (κ3) is 4.35. The van der Waals surface area contributed by atoms with Gasteiger partial charge in [0.05, 0.1) is 26.9 Å². The zero-order valence-electron chi connectivity index (χ0n) is 13.2. The van der Waals surface area contributed by atoms with E-state index in [-0.39, 0.29) is 5.95 Å². The highest BCUT2D eigenvalue weighted by molar-refractivity contribution is 6.06. The van der Waals surface area contributed by atoms with Crippen molar-refractivity contribution in [3.05, 3.63) is 48.0 Å². The molecule has 1 aromatic carbocycles. The Labute approximate surface area is 151 Å². The minimum absolute atomic E-state index is 0.357. The Bertz CT molecular complexity index is 986. The molecule has 0 aliphatic carbocycles. The summed E-state index contributed by atoms with van der Waals surface area (Å²) in [5, 5.41) is 59.2. The van der Waals surface area contributed by atoms with Crippen LogP contribution >= 0.6 is 0 Å². The van der Waals surface area contributed by atoms with E-state index in [2.05, 4.69) is 41.1 Å². The van der Waals surface area contributed by atoms with Crippen LogP contribution in [0.5, 0.6) is 0 Å². The first-order chi connectivity index (χ1) is 13.2. The molecule has 0 saturated carbocycles. The van der Waals surface area contributed by atoms with Crippen LogP contribution in [0.1, 0.15) is 5.56 Å². The molecule has 5 N–H and O–H groups in total. The van der Waals surface area contributed by atoms with Crippen molar-refractivity contribution in [3.8, 4) is 0 Å². The van der Waals surface area contributed by atoms with E-state index >= 15 is 0 Å².